The first kappa shape index (κ1) is 31.9. The number of hydrogen-bond donors (Lipinski definition) is 2. The molecule has 2 N–H and O–H groups in total. The second-order valence-electron chi connectivity index (χ2n) is 12.1. The minimum absolute atomic E-state index is 0.0345. The third kappa shape index (κ3) is 6.75. The lowest BCUT2D eigenvalue weighted by atomic mass is 9.89. The molecule has 240 valence electrons. The highest BCUT2D eigenvalue weighted by atomic mass is 19.2. The number of aromatic nitrogens is 4. The summed E-state index contributed by atoms with van der Waals surface area (Å²) in [5, 5.41) is 33.3. The summed E-state index contributed by atoms with van der Waals surface area (Å²) >= 11 is 0. The molecule has 5 atom stereocenters. The molecule has 1 amide bonds. The van der Waals surface area contributed by atoms with Gasteiger partial charge in [0.05, 0.1) is 24.6 Å². The molecule has 2 aliphatic heterocycles. The second kappa shape index (κ2) is 12.8. The lowest BCUT2D eigenvalue weighted by molar-refractivity contribution is -0.212. The van der Waals surface area contributed by atoms with Gasteiger partial charge in [-0.1, -0.05) is 10.4 Å². The van der Waals surface area contributed by atoms with E-state index in [0.29, 0.717) is 37.4 Å². The smallest absolute Gasteiger partial charge is 0.410 e. The first-order chi connectivity index (χ1) is 20.9. The van der Waals surface area contributed by atoms with Crippen molar-refractivity contribution in [1.82, 2.24) is 25.1 Å². The van der Waals surface area contributed by atoms with Crippen molar-refractivity contribution in [2.45, 2.75) is 82.0 Å². The zero-order valence-electron chi connectivity index (χ0n) is 24.8. The summed E-state index contributed by atoms with van der Waals surface area (Å²) < 4.78 is 65.3. The van der Waals surface area contributed by atoms with Gasteiger partial charge < -0.3 is 33.8 Å². The molecule has 1 aromatic carbocycles. The maximum Gasteiger partial charge on any atom is 0.410 e. The molecule has 2 fully saturated rings. The monoisotopic (exact) mass is 623 g/mol. The van der Waals surface area contributed by atoms with Gasteiger partial charge in [-0.3, -0.25) is 0 Å². The molecule has 0 spiro atoms. The molecule has 3 aromatic rings. The number of hydrogen-bond acceptors (Lipinski definition) is 10. The molecule has 0 radical (unpaired) electrons. The second-order valence-corrected chi connectivity index (χ2v) is 12.1. The van der Waals surface area contributed by atoms with Crippen LogP contribution in [0.3, 0.4) is 0 Å². The Morgan fingerprint density at radius 3 is 2.41 bits per heavy atom. The molecule has 2 aromatic heterocycles. The minimum Gasteiger partial charge on any atom is -0.444 e. The topological polar surface area (TPSA) is 145 Å². The Hall–Kier alpha value is -3.53. The zero-order valence-corrected chi connectivity index (χ0v) is 24.8. The van der Waals surface area contributed by atoms with Crippen molar-refractivity contribution < 1.29 is 46.9 Å². The predicted octanol–water partition coefficient (Wildman–Crippen LogP) is 3.38. The first-order valence-electron chi connectivity index (χ1n) is 14.4. The SMILES string of the molecule is CO[C@@H]1[C@@H](n2cc(-c3cc(F)c(F)c(F)c3)nn2)[C@@H](O)[C@@H](CO)O[C@@H]1Cc1cc(C2CCN(C(=O)OC(C)(C)C)CC2)on1. The fraction of sp³-hybridized carbons (Fsp3) is 0.586. The number of aliphatic hydroxyl groups excluding tert-OH is 2. The van der Waals surface area contributed by atoms with Gasteiger partial charge in [0, 0.05) is 44.2 Å². The fourth-order valence-corrected chi connectivity index (χ4v) is 5.68. The number of carbonyl (C=O) groups excluding carboxylic acids is 1. The third-order valence-corrected chi connectivity index (χ3v) is 7.87. The summed E-state index contributed by atoms with van der Waals surface area (Å²) in [5.41, 5.74) is -0.0284. The van der Waals surface area contributed by atoms with Crippen molar-refractivity contribution in [1.29, 1.82) is 0 Å². The van der Waals surface area contributed by atoms with Crippen LogP contribution in [0.2, 0.25) is 0 Å². The van der Waals surface area contributed by atoms with Gasteiger partial charge in [-0.05, 0) is 45.7 Å². The van der Waals surface area contributed by atoms with Gasteiger partial charge in [-0.2, -0.15) is 0 Å². The number of carbonyl (C=O) groups is 1. The van der Waals surface area contributed by atoms with Crippen molar-refractivity contribution >= 4 is 6.09 Å². The highest BCUT2D eigenvalue weighted by molar-refractivity contribution is 5.68. The molecular formula is C29H36F3N5O7. The number of methoxy groups -OCH3 is 1. The van der Waals surface area contributed by atoms with E-state index < -0.39 is 60.1 Å². The number of nitrogens with zero attached hydrogens (tertiary/aromatic N) is 5. The summed E-state index contributed by atoms with van der Waals surface area (Å²) in [6.07, 6.45) is -1.30. The summed E-state index contributed by atoms with van der Waals surface area (Å²) in [5.74, 6) is -3.64. The summed E-state index contributed by atoms with van der Waals surface area (Å²) in [7, 11) is 1.43. The Balaban J connectivity index is 1.30. The Morgan fingerprint density at radius 2 is 1.80 bits per heavy atom. The van der Waals surface area contributed by atoms with E-state index in [2.05, 4.69) is 15.5 Å². The Morgan fingerprint density at radius 1 is 1.11 bits per heavy atom. The van der Waals surface area contributed by atoms with E-state index in [0.717, 1.165) is 12.1 Å². The quantitative estimate of drug-likeness (QED) is 0.376. The standard InChI is InChI=1S/C29H36F3N5O7/c1-29(2,3)43-28(40)36-7-5-15(6-8-36)21-11-17(34-44-21)12-22-27(41-4)25(26(39)23(14-38)42-22)37-13-20(33-35-37)16-9-18(30)24(32)19(31)10-16/h9-11,13,15,22-23,25-27,38-39H,5-8,12,14H2,1-4H3/t22-,23-,25+,26+,27+/m1/s1. The zero-order chi connectivity index (χ0) is 31.8. The van der Waals surface area contributed by atoms with Crippen LogP contribution in [0.5, 0.6) is 0 Å². The van der Waals surface area contributed by atoms with Crippen LogP contribution in [0.4, 0.5) is 18.0 Å². The van der Waals surface area contributed by atoms with Crippen molar-refractivity contribution in [2.24, 2.45) is 0 Å². The average Bonchev–Trinajstić information content (AvgIpc) is 3.66. The molecule has 0 aliphatic carbocycles. The van der Waals surface area contributed by atoms with E-state index in [1.807, 2.05) is 26.8 Å². The molecule has 2 saturated heterocycles. The number of rotatable bonds is 7. The molecule has 0 bridgehead atoms. The van der Waals surface area contributed by atoms with E-state index >= 15 is 0 Å². The Kier molecular flexibility index (Phi) is 9.30. The van der Waals surface area contributed by atoms with Crippen molar-refractivity contribution in [2.75, 3.05) is 26.8 Å². The molecule has 12 nitrogen and oxygen atoms in total. The van der Waals surface area contributed by atoms with Crippen LogP contribution in [0.25, 0.3) is 11.3 Å². The van der Waals surface area contributed by atoms with Crippen LogP contribution in [0, 0.1) is 17.5 Å². The largest absolute Gasteiger partial charge is 0.444 e. The molecule has 0 saturated carbocycles. The highest BCUT2D eigenvalue weighted by Crippen LogP contribution is 2.35. The number of likely N-dealkylation sites (tertiary alicyclic amines) is 1. The normalized spacial score (nSPS) is 24.9. The lowest BCUT2D eigenvalue weighted by Crippen LogP contribution is -2.57. The third-order valence-electron chi connectivity index (χ3n) is 7.87. The maximum atomic E-state index is 13.8. The molecular weight excluding hydrogens is 587 g/mol. The van der Waals surface area contributed by atoms with Gasteiger partial charge in [-0.25, -0.2) is 22.6 Å². The highest BCUT2D eigenvalue weighted by Gasteiger charge is 2.47. The number of halogens is 3. The molecule has 2 aliphatic rings. The number of benzene rings is 1. The summed E-state index contributed by atoms with van der Waals surface area (Å²) in [6, 6.07) is 2.49. The van der Waals surface area contributed by atoms with Crippen molar-refractivity contribution in [3.05, 3.63) is 53.3 Å². The van der Waals surface area contributed by atoms with Gasteiger partial charge in [0.1, 0.15) is 41.4 Å². The van der Waals surface area contributed by atoms with Crippen LogP contribution in [0.15, 0.2) is 28.9 Å². The van der Waals surface area contributed by atoms with E-state index in [9.17, 15) is 28.2 Å². The van der Waals surface area contributed by atoms with Gasteiger partial charge in [0.25, 0.3) is 0 Å². The van der Waals surface area contributed by atoms with Crippen molar-refractivity contribution in [3.8, 4) is 11.3 Å². The van der Waals surface area contributed by atoms with Crippen molar-refractivity contribution in [3.63, 3.8) is 0 Å². The van der Waals surface area contributed by atoms with Crippen LogP contribution < -0.4 is 0 Å². The molecule has 0 unspecified atom stereocenters. The lowest BCUT2D eigenvalue weighted by Gasteiger charge is -2.43. The van der Waals surface area contributed by atoms with E-state index in [1.165, 1.54) is 18.0 Å². The van der Waals surface area contributed by atoms with E-state index in [1.54, 1.807) is 4.90 Å². The predicted molar refractivity (Wildman–Crippen MR) is 147 cm³/mol. The van der Waals surface area contributed by atoms with E-state index in [-0.39, 0.29) is 29.7 Å². The van der Waals surface area contributed by atoms with Crippen LogP contribution >= 0.6 is 0 Å². The summed E-state index contributed by atoms with van der Waals surface area (Å²) in [4.78, 5) is 14.1. The number of piperidine rings is 1. The fourth-order valence-electron chi connectivity index (χ4n) is 5.68. The van der Waals surface area contributed by atoms with Crippen LogP contribution in [0.1, 0.15) is 57.0 Å². The minimum atomic E-state index is -1.60. The average molecular weight is 624 g/mol. The maximum absolute atomic E-state index is 13.8. The summed E-state index contributed by atoms with van der Waals surface area (Å²) in [6.45, 7) is 5.99. The van der Waals surface area contributed by atoms with Gasteiger partial charge in [-0.15, -0.1) is 5.10 Å². The number of amides is 1. The van der Waals surface area contributed by atoms with Gasteiger partial charge in [0.15, 0.2) is 17.5 Å². The molecule has 15 heteroatoms. The number of aliphatic hydroxyl groups is 2. The van der Waals surface area contributed by atoms with Gasteiger partial charge in [0.2, 0.25) is 0 Å². The first-order valence-corrected chi connectivity index (χ1v) is 14.4. The number of ether oxygens (including phenoxy) is 3. The molecule has 44 heavy (non-hydrogen) atoms. The van der Waals surface area contributed by atoms with E-state index in [4.69, 9.17) is 18.7 Å². The Labute approximate surface area is 251 Å². The Bertz CT molecular complexity index is 1430. The molecule has 4 heterocycles. The molecule has 5 rings (SSSR count). The van der Waals surface area contributed by atoms with Gasteiger partial charge >= 0.3 is 6.09 Å². The van der Waals surface area contributed by atoms with Crippen LogP contribution in [-0.4, -0.2) is 98.2 Å². The van der Waals surface area contributed by atoms with Crippen LogP contribution in [-0.2, 0) is 20.6 Å².